The minimum absolute atomic E-state index is 0.158. The van der Waals surface area contributed by atoms with Gasteiger partial charge in [-0.2, -0.15) is 13.2 Å². The van der Waals surface area contributed by atoms with Crippen molar-refractivity contribution in [3.8, 4) is 0 Å². The quantitative estimate of drug-likeness (QED) is 0.722. The molecule has 0 saturated carbocycles. The van der Waals surface area contributed by atoms with Gasteiger partial charge in [0.1, 0.15) is 0 Å². The molecule has 0 aromatic rings. The summed E-state index contributed by atoms with van der Waals surface area (Å²) in [4.78, 5) is 0. The Morgan fingerprint density at radius 3 is 2.08 bits per heavy atom. The first-order chi connectivity index (χ1) is 5.63. The van der Waals surface area contributed by atoms with Gasteiger partial charge < -0.3 is 10.4 Å². The minimum atomic E-state index is -4.13. The van der Waals surface area contributed by atoms with Crippen LogP contribution in [-0.2, 0) is 0 Å². The summed E-state index contributed by atoms with van der Waals surface area (Å²) in [5.74, 6) is 0. The highest BCUT2D eigenvalue weighted by Gasteiger charge is 2.28. The van der Waals surface area contributed by atoms with E-state index in [1.807, 2.05) is 0 Å². The average molecular weight is 199 g/mol. The maximum absolute atomic E-state index is 11.7. The summed E-state index contributed by atoms with van der Waals surface area (Å²) in [6.45, 7) is 4.60. The Labute approximate surface area is 76.1 Å². The molecule has 0 amide bonds. The first-order valence-corrected chi connectivity index (χ1v) is 4.15. The molecule has 0 aliphatic carbocycles. The topological polar surface area (TPSA) is 32.3 Å². The minimum Gasteiger partial charge on any atom is -0.389 e. The fraction of sp³-hybridized carbons (Fsp3) is 1.00. The Morgan fingerprint density at radius 1 is 1.31 bits per heavy atom. The normalized spacial score (nSPS) is 15.9. The van der Waals surface area contributed by atoms with Crippen molar-refractivity contribution < 1.29 is 18.3 Å². The fourth-order valence-electron chi connectivity index (χ4n) is 0.680. The second-order valence-electron chi connectivity index (χ2n) is 3.69. The van der Waals surface area contributed by atoms with Gasteiger partial charge in [-0.25, -0.2) is 0 Å². The van der Waals surface area contributed by atoms with E-state index in [9.17, 15) is 18.3 Å². The smallest absolute Gasteiger partial charge is 0.389 e. The highest BCUT2D eigenvalue weighted by molar-refractivity contribution is 4.79. The Bertz CT molecular complexity index is 150. The Balaban J connectivity index is 3.67. The van der Waals surface area contributed by atoms with Crippen LogP contribution in [0, 0.1) is 0 Å². The van der Waals surface area contributed by atoms with Crippen molar-refractivity contribution in [1.29, 1.82) is 0 Å². The summed E-state index contributed by atoms with van der Waals surface area (Å²) in [6, 6.07) is -0.352. The summed E-state index contributed by atoms with van der Waals surface area (Å²) in [6.07, 6.45) is -5.00. The molecule has 0 heterocycles. The molecule has 0 spiro atoms. The summed E-state index contributed by atoms with van der Waals surface area (Å²) in [7, 11) is 0. The van der Waals surface area contributed by atoms with E-state index in [2.05, 4.69) is 5.32 Å². The monoisotopic (exact) mass is 199 g/mol. The Hall–Kier alpha value is -0.290. The predicted molar refractivity (Wildman–Crippen MR) is 44.4 cm³/mol. The maximum Gasteiger partial charge on any atom is 0.390 e. The Morgan fingerprint density at radius 2 is 1.77 bits per heavy atom. The maximum atomic E-state index is 11.7. The number of alkyl halides is 3. The standard InChI is InChI=1S/C8H16F3NO/c1-6(7(2,3)13)12-5-4-8(9,10)11/h6,12-13H,4-5H2,1-3H3. The zero-order chi connectivity index (χ0) is 10.7. The van der Waals surface area contributed by atoms with Crippen LogP contribution in [0.15, 0.2) is 0 Å². The number of aliphatic hydroxyl groups is 1. The predicted octanol–water partition coefficient (Wildman–Crippen LogP) is 1.69. The molecule has 13 heavy (non-hydrogen) atoms. The summed E-state index contributed by atoms with van der Waals surface area (Å²) >= 11 is 0. The molecule has 1 unspecified atom stereocenters. The summed E-state index contributed by atoms with van der Waals surface area (Å²) in [5.41, 5.74) is -0.994. The van der Waals surface area contributed by atoms with Gasteiger partial charge in [-0.15, -0.1) is 0 Å². The van der Waals surface area contributed by atoms with Crippen molar-refractivity contribution in [2.24, 2.45) is 0 Å². The zero-order valence-electron chi connectivity index (χ0n) is 8.07. The van der Waals surface area contributed by atoms with Gasteiger partial charge in [0.2, 0.25) is 0 Å². The first kappa shape index (κ1) is 12.7. The summed E-state index contributed by atoms with van der Waals surface area (Å²) < 4.78 is 35.1. The molecule has 5 heteroatoms. The molecule has 0 fully saturated rings. The van der Waals surface area contributed by atoms with Gasteiger partial charge in [0.25, 0.3) is 0 Å². The van der Waals surface area contributed by atoms with Crippen LogP contribution >= 0.6 is 0 Å². The number of halogens is 3. The lowest BCUT2D eigenvalue weighted by atomic mass is 10.0. The van der Waals surface area contributed by atoms with E-state index >= 15 is 0 Å². The van der Waals surface area contributed by atoms with Crippen molar-refractivity contribution in [1.82, 2.24) is 5.32 Å². The van der Waals surface area contributed by atoms with Gasteiger partial charge in [0.05, 0.1) is 12.0 Å². The number of hydrogen-bond acceptors (Lipinski definition) is 2. The van der Waals surface area contributed by atoms with E-state index in [1.54, 1.807) is 20.8 Å². The van der Waals surface area contributed by atoms with Crippen molar-refractivity contribution >= 4 is 0 Å². The van der Waals surface area contributed by atoms with Gasteiger partial charge in [0, 0.05) is 12.6 Å². The molecular formula is C8H16F3NO. The molecule has 0 aliphatic rings. The van der Waals surface area contributed by atoms with Crippen LogP contribution < -0.4 is 5.32 Å². The third-order valence-corrected chi connectivity index (χ3v) is 1.92. The second kappa shape index (κ2) is 4.28. The molecule has 0 aromatic carbocycles. The van der Waals surface area contributed by atoms with E-state index in [0.717, 1.165) is 0 Å². The molecule has 0 aliphatic heterocycles. The van der Waals surface area contributed by atoms with Gasteiger partial charge in [-0.3, -0.25) is 0 Å². The van der Waals surface area contributed by atoms with Crippen LogP contribution in [0.25, 0.3) is 0 Å². The largest absolute Gasteiger partial charge is 0.390 e. The molecule has 0 saturated heterocycles. The van der Waals surface area contributed by atoms with Gasteiger partial charge >= 0.3 is 6.18 Å². The molecule has 2 nitrogen and oxygen atoms in total. The SMILES string of the molecule is CC(NCCC(F)(F)F)C(C)(C)O. The molecule has 80 valence electrons. The van der Waals surface area contributed by atoms with Crippen molar-refractivity contribution in [3.05, 3.63) is 0 Å². The zero-order valence-corrected chi connectivity index (χ0v) is 8.07. The molecule has 0 bridgehead atoms. The van der Waals surface area contributed by atoms with E-state index in [1.165, 1.54) is 0 Å². The van der Waals surface area contributed by atoms with E-state index in [4.69, 9.17) is 0 Å². The van der Waals surface area contributed by atoms with Crippen LogP contribution in [0.2, 0.25) is 0 Å². The molecule has 0 rings (SSSR count). The second-order valence-corrected chi connectivity index (χ2v) is 3.69. The van der Waals surface area contributed by atoms with Crippen LogP contribution in [-0.4, -0.2) is 29.5 Å². The van der Waals surface area contributed by atoms with Gasteiger partial charge in [-0.05, 0) is 20.8 Å². The van der Waals surface area contributed by atoms with E-state index in [-0.39, 0.29) is 12.6 Å². The lowest BCUT2D eigenvalue weighted by Gasteiger charge is -2.26. The number of rotatable bonds is 4. The number of nitrogens with one attached hydrogen (secondary N) is 1. The number of hydrogen-bond donors (Lipinski definition) is 2. The van der Waals surface area contributed by atoms with Crippen molar-refractivity contribution in [2.75, 3.05) is 6.54 Å². The van der Waals surface area contributed by atoms with Crippen LogP contribution in [0.4, 0.5) is 13.2 Å². The van der Waals surface area contributed by atoms with E-state index in [0.29, 0.717) is 0 Å². The third-order valence-electron chi connectivity index (χ3n) is 1.92. The van der Waals surface area contributed by atoms with Gasteiger partial charge in [-0.1, -0.05) is 0 Å². The first-order valence-electron chi connectivity index (χ1n) is 4.15. The lowest BCUT2D eigenvalue weighted by Crippen LogP contribution is -2.45. The van der Waals surface area contributed by atoms with Crippen molar-refractivity contribution in [3.63, 3.8) is 0 Å². The average Bonchev–Trinajstić information content (AvgIpc) is 1.82. The Kier molecular flexibility index (Phi) is 4.19. The highest BCUT2D eigenvalue weighted by atomic mass is 19.4. The van der Waals surface area contributed by atoms with Crippen molar-refractivity contribution in [2.45, 2.75) is 45.0 Å². The van der Waals surface area contributed by atoms with Crippen LogP contribution in [0.1, 0.15) is 27.2 Å². The third kappa shape index (κ3) is 6.83. The van der Waals surface area contributed by atoms with Gasteiger partial charge in [0.15, 0.2) is 0 Å². The lowest BCUT2D eigenvalue weighted by molar-refractivity contribution is -0.134. The van der Waals surface area contributed by atoms with E-state index < -0.39 is 18.2 Å². The molecular weight excluding hydrogens is 183 g/mol. The molecule has 2 N–H and O–H groups in total. The molecule has 0 aromatic heterocycles. The fourth-order valence-corrected chi connectivity index (χ4v) is 0.680. The van der Waals surface area contributed by atoms with Crippen LogP contribution in [0.3, 0.4) is 0 Å². The highest BCUT2D eigenvalue weighted by Crippen LogP contribution is 2.18. The molecule has 0 radical (unpaired) electrons. The summed E-state index contributed by atoms with van der Waals surface area (Å²) in [5, 5.41) is 12.0. The molecule has 1 atom stereocenters. The van der Waals surface area contributed by atoms with Crippen LogP contribution in [0.5, 0.6) is 0 Å².